The predicted octanol–water partition coefficient (Wildman–Crippen LogP) is 3.65. The molecule has 2 aromatic carbocycles. The van der Waals surface area contributed by atoms with Crippen LogP contribution in [0, 0.1) is 6.92 Å². The number of benzene rings is 2. The molecular formula is C19H18N2O3. The van der Waals surface area contributed by atoms with Gasteiger partial charge in [-0.1, -0.05) is 25.1 Å². The zero-order chi connectivity index (χ0) is 17.3. The van der Waals surface area contributed by atoms with Gasteiger partial charge in [0.05, 0.1) is 11.3 Å². The number of anilines is 1. The van der Waals surface area contributed by atoms with Gasteiger partial charge in [-0.3, -0.25) is 9.59 Å². The molecule has 0 spiro atoms. The first-order valence-electron chi connectivity index (χ1n) is 7.73. The fraction of sp³-hybridized carbons (Fsp3) is 0.158. The Hall–Kier alpha value is -3.08. The van der Waals surface area contributed by atoms with Crippen molar-refractivity contribution < 1.29 is 14.0 Å². The topological polar surface area (TPSA) is 85.3 Å². The van der Waals surface area contributed by atoms with Crippen molar-refractivity contribution in [3.63, 3.8) is 0 Å². The van der Waals surface area contributed by atoms with Gasteiger partial charge in [-0.15, -0.1) is 0 Å². The monoisotopic (exact) mass is 322 g/mol. The maximum atomic E-state index is 12.6. The smallest absolute Gasteiger partial charge is 0.291 e. The van der Waals surface area contributed by atoms with E-state index in [1.165, 1.54) is 5.56 Å². The lowest BCUT2D eigenvalue weighted by atomic mass is 10.1. The summed E-state index contributed by atoms with van der Waals surface area (Å²) in [6, 6.07) is 12.5. The van der Waals surface area contributed by atoms with Crippen molar-refractivity contribution in [1.82, 2.24) is 0 Å². The fourth-order valence-electron chi connectivity index (χ4n) is 2.69. The van der Waals surface area contributed by atoms with Crippen LogP contribution < -0.4 is 11.1 Å². The summed E-state index contributed by atoms with van der Waals surface area (Å²) in [5, 5.41) is 3.62. The summed E-state index contributed by atoms with van der Waals surface area (Å²) in [6.07, 6.45) is 0.911. The van der Waals surface area contributed by atoms with Crippen molar-refractivity contribution in [2.45, 2.75) is 20.3 Å². The summed E-state index contributed by atoms with van der Waals surface area (Å²) in [4.78, 5) is 24.0. The molecule has 1 heterocycles. The van der Waals surface area contributed by atoms with E-state index in [0.29, 0.717) is 11.3 Å². The van der Waals surface area contributed by atoms with E-state index in [1.807, 2.05) is 25.1 Å². The predicted molar refractivity (Wildman–Crippen MR) is 93.2 cm³/mol. The summed E-state index contributed by atoms with van der Waals surface area (Å²) in [7, 11) is 0. The standard InChI is InChI=1S/C19H18N2O3/c1-3-12-8-9-16-14(10-12)11(2)17(24-16)19(23)21-15-7-5-4-6-13(15)18(20)22/h4-10H,3H2,1-2H3,(H2,20,22)(H,21,23). The number of furan rings is 1. The minimum absolute atomic E-state index is 0.234. The highest BCUT2D eigenvalue weighted by molar-refractivity contribution is 6.09. The molecule has 3 aromatic rings. The van der Waals surface area contributed by atoms with Crippen molar-refractivity contribution in [3.8, 4) is 0 Å². The molecular weight excluding hydrogens is 304 g/mol. The molecule has 5 nitrogen and oxygen atoms in total. The summed E-state index contributed by atoms with van der Waals surface area (Å²) in [5.74, 6) is -0.771. The molecule has 3 N–H and O–H groups in total. The zero-order valence-corrected chi connectivity index (χ0v) is 13.6. The number of carbonyl (C=O) groups excluding carboxylic acids is 2. The molecule has 0 bridgehead atoms. The number of fused-ring (bicyclic) bond motifs is 1. The third-order valence-electron chi connectivity index (χ3n) is 4.06. The van der Waals surface area contributed by atoms with E-state index in [0.717, 1.165) is 17.4 Å². The van der Waals surface area contributed by atoms with E-state index in [1.54, 1.807) is 24.3 Å². The maximum absolute atomic E-state index is 12.6. The van der Waals surface area contributed by atoms with Crippen LogP contribution in [0.1, 0.15) is 39.0 Å². The Morgan fingerprint density at radius 1 is 1.17 bits per heavy atom. The Kier molecular flexibility index (Phi) is 4.08. The second kappa shape index (κ2) is 6.20. The number of amides is 2. The van der Waals surface area contributed by atoms with Gasteiger partial charge < -0.3 is 15.5 Å². The lowest BCUT2D eigenvalue weighted by Gasteiger charge is -2.07. The van der Waals surface area contributed by atoms with E-state index >= 15 is 0 Å². The Morgan fingerprint density at radius 2 is 1.92 bits per heavy atom. The number of hydrogen-bond acceptors (Lipinski definition) is 3. The van der Waals surface area contributed by atoms with Gasteiger partial charge in [0.25, 0.3) is 11.8 Å². The number of nitrogens with one attached hydrogen (secondary N) is 1. The van der Waals surface area contributed by atoms with Crippen LogP contribution in [0.3, 0.4) is 0 Å². The van der Waals surface area contributed by atoms with Crippen LogP contribution in [0.4, 0.5) is 5.69 Å². The van der Waals surface area contributed by atoms with Gasteiger partial charge in [0.2, 0.25) is 0 Å². The Morgan fingerprint density at radius 3 is 2.62 bits per heavy atom. The number of aryl methyl sites for hydroxylation is 2. The normalized spacial score (nSPS) is 10.8. The number of primary amides is 1. The molecule has 0 saturated heterocycles. The average molecular weight is 322 g/mol. The molecule has 0 atom stereocenters. The van der Waals surface area contributed by atoms with Crippen LogP contribution in [0.15, 0.2) is 46.9 Å². The van der Waals surface area contributed by atoms with Crippen LogP contribution >= 0.6 is 0 Å². The summed E-state index contributed by atoms with van der Waals surface area (Å²) < 4.78 is 5.70. The van der Waals surface area contributed by atoms with Crippen LogP contribution in [-0.4, -0.2) is 11.8 Å². The van der Waals surface area contributed by atoms with Gasteiger partial charge in [-0.25, -0.2) is 0 Å². The molecule has 0 aliphatic carbocycles. The highest BCUT2D eigenvalue weighted by atomic mass is 16.3. The highest BCUT2D eigenvalue weighted by Crippen LogP contribution is 2.27. The summed E-state index contributed by atoms with van der Waals surface area (Å²) in [5.41, 5.74) is 8.58. The van der Waals surface area contributed by atoms with Crippen molar-refractivity contribution in [3.05, 3.63) is 64.9 Å². The molecule has 1 aromatic heterocycles. The minimum atomic E-state index is -0.597. The van der Waals surface area contributed by atoms with E-state index in [-0.39, 0.29) is 11.3 Å². The third-order valence-corrected chi connectivity index (χ3v) is 4.06. The van der Waals surface area contributed by atoms with Crippen molar-refractivity contribution >= 4 is 28.5 Å². The SMILES string of the molecule is CCc1ccc2oc(C(=O)Nc3ccccc3C(N)=O)c(C)c2c1. The quantitative estimate of drug-likeness (QED) is 0.768. The van der Waals surface area contributed by atoms with Gasteiger partial charge in [0.1, 0.15) is 5.58 Å². The third kappa shape index (κ3) is 2.76. The van der Waals surface area contributed by atoms with Crippen molar-refractivity contribution in [2.75, 3.05) is 5.32 Å². The van der Waals surface area contributed by atoms with Gasteiger partial charge >= 0.3 is 0 Å². The highest BCUT2D eigenvalue weighted by Gasteiger charge is 2.19. The van der Waals surface area contributed by atoms with E-state index in [4.69, 9.17) is 10.2 Å². The van der Waals surface area contributed by atoms with Crippen molar-refractivity contribution in [1.29, 1.82) is 0 Å². The number of hydrogen-bond donors (Lipinski definition) is 2. The van der Waals surface area contributed by atoms with E-state index < -0.39 is 11.8 Å². The Balaban J connectivity index is 1.98. The number of nitrogens with two attached hydrogens (primary N) is 1. The molecule has 0 aliphatic rings. The molecule has 0 radical (unpaired) electrons. The van der Waals surface area contributed by atoms with Crippen molar-refractivity contribution in [2.24, 2.45) is 5.73 Å². The molecule has 0 unspecified atom stereocenters. The van der Waals surface area contributed by atoms with Crippen LogP contribution in [0.2, 0.25) is 0 Å². The zero-order valence-electron chi connectivity index (χ0n) is 13.6. The molecule has 0 saturated carbocycles. The van der Waals surface area contributed by atoms with Gasteiger partial charge in [0.15, 0.2) is 5.76 Å². The lowest BCUT2D eigenvalue weighted by Crippen LogP contribution is -2.18. The number of para-hydroxylation sites is 1. The summed E-state index contributed by atoms with van der Waals surface area (Å²) in [6.45, 7) is 3.92. The second-order valence-electron chi connectivity index (χ2n) is 5.60. The number of carbonyl (C=O) groups is 2. The Bertz CT molecular complexity index is 941. The number of rotatable bonds is 4. The Labute approximate surface area is 139 Å². The summed E-state index contributed by atoms with van der Waals surface area (Å²) >= 11 is 0. The van der Waals surface area contributed by atoms with Gasteiger partial charge in [0, 0.05) is 10.9 Å². The molecule has 3 rings (SSSR count). The van der Waals surface area contributed by atoms with Crippen LogP contribution in [0.25, 0.3) is 11.0 Å². The average Bonchev–Trinajstić information content (AvgIpc) is 2.91. The first-order chi connectivity index (χ1) is 11.5. The molecule has 24 heavy (non-hydrogen) atoms. The fourth-order valence-corrected chi connectivity index (χ4v) is 2.69. The first kappa shape index (κ1) is 15.8. The first-order valence-corrected chi connectivity index (χ1v) is 7.73. The van der Waals surface area contributed by atoms with E-state index in [2.05, 4.69) is 12.2 Å². The van der Waals surface area contributed by atoms with Gasteiger partial charge in [-0.05, 0) is 43.2 Å². The molecule has 0 fully saturated rings. The minimum Gasteiger partial charge on any atom is -0.451 e. The largest absolute Gasteiger partial charge is 0.451 e. The van der Waals surface area contributed by atoms with E-state index in [9.17, 15) is 9.59 Å². The maximum Gasteiger partial charge on any atom is 0.291 e. The lowest BCUT2D eigenvalue weighted by molar-refractivity contribution is 0.0998. The van der Waals surface area contributed by atoms with Gasteiger partial charge in [-0.2, -0.15) is 0 Å². The van der Waals surface area contributed by atoms with Crippen LogP contribution in [-0.2, 0) is 6.42 Å². The van der Waals surface area contributed by atoms with Crippen LogP contribution in [0.5, 0.6) is 0 Å². The molecule has 0 aliphatic heterocycles. The molecule has 122 valence electrons. The molecule has 5 heteroatoms. The second-order valence-corrected chi connectivity index (χ2v) is 5.60. The molecule has 2 amide bonds.